The second-order valence-electron chi connectivity index (χ2n) is 6.77. The number of carbonyl (C=O) groups is 1. The fourth-order valence-electron chi connectivity index (χ4n) is 3.92. The first-order valence-electron chi connectivity index (χ1n) is 8.59. The summed E-state index contributed by atoms with van der Waals surface area (Å²) in [4.78, 5) is 19.2. The first-order chi connectivity index (χ1) is 9.83. The van der Waals surface area contributed by atoms with E-state index in [1.807, 2.05) is 0 Å². The molecule has 0 aliphatic carbocycles. The van der Waals surface area contributed by atoms with Crippen LogP contribution in [0.2, 0.25) is 0 Å². The molecule has 0 aromatic carbocycles. The molecular weight excluding hydrogens is 250 g/mol. The van der Waals surface area contributed by atoms with Gasteiger partial charge in [0.25, 0.3) is 0 Å². The number of carbonyl (C=O) groups excluding carboxylic acids is 1. The lowest BCUT2D eigenvalue weighted by Crippen LogP contribution is -2.49. The Bertz CT molecular complexity index is 314. The Labute approximate surface area is 123 Å². The summed E-state index contributed by atoms with van der Waals surface area (Å²) < 4.78 is 0. The molecule has 20 heavy (non-hydrogen) atoms. The van der Waals surface area contributed by atoms with Crippen molar-refractivity contribution in [3.8, 4) is 0 Å². The Morgan fingerprint density at radius 1 is 0.750 bits per heavy atom. The zero-order valence-electron chi connectivity index (χ0n) is 12.7. The Morgan fingerprint density at radius 2 is 1.30 bits per heavy atom. The molecule has 114 valence electrons. The molecule has 3 heterocycles. The smallest absolute Gasteiger partial charge is 0.319 e. The van der Waals surface area contributed by atoms with Crippen molar-refractivity contribution in [2.45, 2.75) is 44.9 Å². The highest BCUT2D eigenvalue weighted by molar-refractivity contribution is 5.74. The van der Waals surface area contributed by atoms with E-state index in [9.17, 15) is 4.79 Å². The predicted molar refractivity (Wildman–Crippen MR) is 80.8 cm³/mol. The third-order valence-corrected chi connectivity index (χ3v) is 5.23. The average Bonchev–Trinajstić information content (AvgIpc) is 3.01. The number of hydrogen-bond acceptors (Lipinski definition) is 2. The van der Waals surface area contributed by atoms with Crippen LogP contribution in [0.15, 0.2) is 0 Å². The molecule has 0 bridgehead atoms. The Balaban J connectivity index is 1.41. The molecule has 3 rings (SSSR count). The van der Waals surface area contributed by atoms with Crippen LogP contribution in [0.25, 0.3) is 0 Å². The minimum Gasteiger partial charge on any atom is -0.325 e. The average molecular weight is 279 g/mol. The third kappa shape index (κ3) is 3.46. The highest BCUT2D eigenvalue weighted by Gasteiger charge is 2.28. The molecule has 0 saturated carbocycles. The van der Waals surface area contributed by atoms with Crippen LogP contribution < -0.4 is 0 Å². The van der Waals surface area contributed by atoms with Crippen LogP contribution in [-0.4, -0.2) is 66.5 Å². The maximum absolute atomic E-state index is 12.4. The molecule has 3 aliphatic rings. The van der Waals surface area contributed by atoms with Gasteiger partial charge in [0.15, 0.2) is 0 Å². The van der Waals surface area contributed by atoms with E-state index in [0.29, 0.717) is 6.03 Å². The topological polar surface area (TPSA) is 26.8 Å². The maximum Gasteiger partial charge on any atom is 0.319 e. The fourth-order valence-corrected chi connectivity index (χ4v) is 3.92. The van der Waals surface area contributed by atoms with Crippen LogP contribution in [0.4, 0.5) is 4.79 Å². The van der Waals surface area contributed by atoms with Gasteiger partial charge in [-0.2, -0.15) is 0 Å². The largest absolute Gasteiger partial charge is 0.325 e. The normalized spacial score (nSPS) is 26.2. The molecule has 3 saturated heterocycles. The van der Waals surface area contributed by atoms with Crippen LogP contribution in [0.1, 0.15) is 44.9 Å². The van der Waals surface area contributed by atoms with Crippen LogP contribution in [0, 0.1) is 5.92 Å². The minimum atomic E-state index is 0.310. The third-order valence-electron chi connectivity index (χ3n) is 5.23. The number of urea groups is 1. The van der Waals surface area contributed by atoms with E-state index in [1.54, 1.807) is 0 Å². The van der Waals surface area contributed by atoms with E-state index in [1.165, 1.54) is 64.6 Å². The number of likely N-dealkylation sites (tertiary alicyclic amines) is 3. The molecule has 0 radical (unpaired) electrons. The molecule has 4 heteroatoms. The number of rotatable bonds is 2. The van der Waals surface area contributed by atoms with Crippen LogP contribution in [-0.2, 0) is 0 Å². The summed E-state index contributed by atoms with van der Waals surface area (Å²) >= 11 is 0. The number of hydrogen-bond donors (Lipinski definition) is 0. The molecule has 0 atom stereocenters. The van der Waals surface area contributed by atoms with E-state index < -0.39 is 0 Å². The predicted octanol–water partition coefficient (Wildman–Crippen LogP) is 2.40. The van der Waals surface area contributed by atoms with Crippen LogP contribution in [0.5, 0.6) is 0 Å². The van der Waals surface area contributed by atoms with Crippen molar-refractivity contribution in [1.29, 1.82) is 0 Å². The van der Waals surface area contributed by atoms with Gasteiger partial charge in [0.1, 0.15) is 0 Å². The van der Waals surface area contributed by atoms with E-state index in [4.69, 9.17) is 0 Å². The standard InChI is InChI=1S/C16H29N3O/c20-16(18-10-2-1-3-11-18)19-12-6-15(7-13-19)14-17-8-4-5-9-17/h15H,1-14H2. The molecule has 3 aliphatic heterocycles. The summed E-state index contributed by atoms with van der Waals surface area (Å²) in [6.45, 7) is 7.78. The quantitative estimate of drug-likeness (QED) is 0.776. The highest BCUT2D eigenvalue weighted by atomic mass is 16.2. The fraction of sp³-hybridized carbons (Fsp3) is 0.938. The molecule has 0 aromatic heterocycles. The van der Waals surface area contributed by atoms with Gasteiger partial charge in [-0.05, 0) is 64.0 Å². The summed E-state index contributed by atoms with van der Waals surface area (Å²) in [7, 11) is 0. The first kappa shape index (κ1) is 14.2. The van der Waals surface area contributed by atoms with E-state index >= 15 is 0 Å². The maximum atomic E-state index is 12.4. The first-order valence-corrected chi connectivity index (χ1v) is 8.59. The van der Waals surface area contributed by atoms with Gasteiger partial charge >= 0.3 is 6.03 Å². The number of nitrogens with zero attached hydrogens (tertiary/aromatic N) is 3. The van der Waals surface area contributed by atoms with E-state index in [-0.39, 0.29) is 0 Å². The lowest BCUT2D eigenvalue weighted by molar-refractivity contribution is 0.117. The molecular formula is C16H29N3O. The summed E-state index contributed by atoms with van der Waals surface area (Å²) in [5, 5.41) is 0. The van der Waals surface area contributed by atoms with Crippen molar-refractivity contribution in [1.82, 2.24) is 14.7 Å². The van der Waals surface area contributed by atoms with Crippen molar-refractivity contribution in [3.63, 3.8) is 0 Å². The van der Waals surface area contributed by atoms with E-state index in [2.05, 4.69) is 14.7 Å². The summed E-state index contributed by atoms with van der Waals surface area (Å²) in [6, 6.07) is 0.310. The molecule has 0 N–H and O–H groups in total. The summed E-state index contributed by atoms with van der Waals surface area (Å²) in [6.07, 6.45) is 8.85. The van der Waals surface area contributed by atoms with Gasteiger partial charge in [0, 0.05) is 32.7 Å². The second kappa shape index (κ2) is 6.79. The molecule has 4 nitrogen and oxygen atoms in total. The molecule has 3 fully saturated rings. The molecule has 0 aromatic rings. The van der Waals surface area contributed by atoms with Gasteiger partial charge in [-0.3, -0.25) is 0 Å². The monoisotopic (exact) mass is 279 g/mol. The lowest BCUT2D eigenvalue weighted by Gasteiger charge is -2.38. The van der Waals surface area contributed by atoms with Crippen molar-refractivity contribution in [2.24, 2.45) is 5.92 Å². The SMILES string of the molecule is O=C(N1CCCCC1)N1CCC(CN2CCCC2)CC1. The summed E-state index contributed by atoms with van der Waals surface area (Å²) in [5.74, 6) is 0.818. The van der Waals surface area contributed by atoms with Crippen molar-refractivity contribution in [2.75, 3.05) is 45.8 Å². The van der Waals surface area contributed by atoms with Gasteiger partial charge in [-0.1, -0.05) is 0 Å². The highest BCUT2D eigenvalue weighted by Crippen LogP contribution is 2.22. The number of piperidine rings is 2. The van der Waals surface area contributed by atoms with Crippen molar-refractivity contribution < 1.29 is 4.79 Å². The van der Waals surface area contributed by atoms with Crippen LogP contribution in [0.3, 0.4) is 0 Å². The van der Waals surface area contributed by atoms with Gasteiger partial charge in [0.05, 0.1) is 0 Å². The van der Waals surface area contributed by atoms with Gasteiger partial charge in [-0.25, -0.2) is 4.79 Å². The van der Waals surface area contributed by atoms with Gasteiger partial charge in [0.2, 0.25) is 0 Å². The lowest BCUT2D eigenvalue weighted by atomic mass is 9.96. The van der Waals surface area contributed by atoms with E-state index in [0.717, 1.165) is 32.1 Å². The minimum absolute atomic E-state index is 0.310. The van der Waals surface area contributed by atoms with Gasteiger partial charge in [-0.15, -0.1) is 0 Å². The van der Waals surface area contributed by atoms with Gasteiger partial charge < -0.3 is 14.7 Å². The Morgan fingerprint density at radius 3 is 1.95 bits per heavy atom. The van der Waals surface area contributed by atoms with Crippen LogP contribution >= 0.6 is 0 Å². The Kier molecular flexibility index (Phi) is 4.81. The zero-order valence-corrected chi connectivity index (χ0v) is 12.7. The number of amides is 2. The molecule has 2 amide bonds. The van der Waals surface area contributed by atoms with Crippen molar-refractivity contribution in [3.05, 3.63) is 0 Å². The second-order valence-corrected chi connectivity index (χ2v) is 6.77. The van der Waals surface area contributed by atoms with Crippen molar-refractivity contribution >= 4 is 6.03 Å². The molecule has 0 unspecified atom stereocenters. The molecule has 0 spiro atoms. The Hall–Kier alpha value is -0.770. The summed E-state index contributed by atoms with van der Waals surface area (Å²) in [5.41, 5.74) is 0. The zero-order chi connectivity index (χ0) is 13.8.